The summed E-state index contributed by atoms with van der Waals surface area (Å²) in [7, 11) is 3.19. The van der Waals surface area contributed by atoms with Crippen LogP contribution in [0.5, 0.6) is 11.5 Å². The fourth-order valence-electron chi connectivity index (χ4n) is 2.74. The van der Waals surface area contributed by atoms with Crippen LogP contribution in [0.25, 0.3) is 0 Å². The van der Waals surface area contributed by atoms with Crippen LogP contribution in [0.15, 0.2) is 67.1 Å². The van der Waals surface area contributed by atoms with E-state index in [1.54, 1.807) is 14.2 Å². The van der Waals surface area contributed by atoms with Gasteiger partial charge in [0.15, 0.2) is 23.8 Å². The van der Waals surface area contributed by atoms with Crippen LogP contribution in [0.3, 0.4) is 0 Å². The van der Waals surface area contributed by atoms with Gasteiger partial charge < -0.3 is 19.1 Å². The van der Waals surface area contributed by atoms with Crippen molar-refractivity contribution in [3.8, 4) is 11.5 Å². The van der Waals surface area contributed by atoms with Crippen molar-refractivity contribution >= 4 is 11.9 Å². The molecule has 8 heteroatoms. The molecule has 0 bridgehead atoms. The van der Waals surface area contributed by atoms with Gasteiger partial charge in [-0.25, -0.2) is 9.78 Å². The van der Waals surface area contributed by atoms with Crippen molar-refractivity contribution in [1.82, 2.24) is 14.9 Å². The van der Waals surface area contributed by atoms with Gasteiger partial charge >= 0.3 is 5.97 Å². The molecule has 1 amide bonds. The maximum Gasteiger partial charge on any atom is 0.359 e. The number of likely N-dealkylation sites (N-methyl/N-ethyl adjacent to an activating group) is 1. The minimum atomic E-state index is -0.698. The minimum absolute atomic E-state index is 0.0498. The Kier molecular flexibility index (Phi) is 7.53. The van der Waals surface area contributed by atoms with E-state index in [1.165, 1.54) is 23.5 Å². The summed E-state index contributed by atoms with van der Waals surface area (Å²) in [5.41, 5.74) is 1.95. The van der Waals surface area contributed by atoms with Gasteiger partial charge in [-0.1, -0.05) is 36.4 Å². The van der Waals surface area contributed by atoms with E-state index in [0.717, 1.165) is 11.1 Å². The number of amides is 1. The number of carbonyl (C=O) groups excluding carboxylic acids is 2. The third-order valence-electron chi connectivity index (χ3n) is 4.41. The van der Waals surface area contributed by atoms with Crippen molar-refractivity contribution in [2.45, 2.75) is 13.2 Å². The van der Waals surface area contributed by atoms with Gasteiger partial charge in [0.05, 0.1) is 13.3 Å². The maximum atomic E-state index is 12.3. The van der Waals surface area contributed by atoms with E-state index in [0.29, 0.717) is 24.7 Å². The number of ether oxygens (including phenoxy) is 3. The summed E-state index contributed by atoms with van der Waals surface area (Å²) < 4.78 is 16.3. The molecular weight excluding hydrogens is 398 g/mol. The first-order chi connectivity index (χ1) is 15.1. The first kappa shape index (κ1) is 21.8. The second-order valence-corrected chi connectivity index (χ2v) is 6.68. The maximum absolute atomic E-state index is 12.3. The topological polar surface area (TPSA) is 90.8 Å². The van der Waals surface area contributed by atoms with E-state index in [1.807, 2.05) is 48.5 Å². The Labute approximate surface area is 180 Å². The lowest BCUT2D eigenvalue weighted by Crippen LogP contribution is -2.31. The van der Waals surface area contributed by atoms with Gasteiger partial charge in [-0.05, 0) is 23.3 Å². The fourth-order valence-corrected chi connectivity index (χ4v) is 2.74. The molecule has 3 rings (SSSR count). The van der Waals surface area contributed by atoms with Gasteiger partial charge in [-0.15, -0.1) is 0 Å². The molecule has 0 aliphatic carbocycles. The van der Waals surface area contributed by atoms with E-state index in [-0.39, 0.29) is 18.2 Å². The molecule has 0 spiro atoms. The number of benzene rings is 2. The molecule has 0 aliphatic heterocycles. The third kappa shape index (κ3) is 6.27. The standard InChI is InChI=1S/C23H23N3O5/c1-26(22(27)16-31-23(28)19-13-24-10-11-25-19)14-18-8-9-20(21(12-18)29-2)30-15-17-6-4-3-5-7-17/h3-13H,14-16H2,1-2H3. The number of aromatic nitrogens is 2. The summed E-state index contributed by atoms with van der Waals surface area (Å²) in [6.07, 6.45) is 4.11. The average Bonchev–Trinajstić information content (AvgIpc) is 2.82. The highest BCUT2D eigenvalue weighted by molar-refractivity contribution is 5.89. The zero-order chi connectivity index (χ0) is 22.1. The Morgan fingerprint density at radius 1 is 1.00 bits per heavy atom. The van der Waals surface area contributed by atoms with Crippen LogP contribution in [0.4, 0.5) is 0 Å². The molecule has 1 aromatic heterocycles. The Morgan fingerprint density at radius 3 is 2.52 bits per heavy atom. The van der Waals surface area contributed by atoms with Crippen LogP contribution in [0.2, 0.25) is 0 Å². The molecule has 0 atom stereocenters. The van der Waals surface area contributed by atoms with Crippen molar-refractivity contribution in [2.24, 2.45) is 0 Å². The molecule has 0 radical (unpaired) electrons. The molecule has 0 saturated heterocycles. The molecular formula is C23H23N3O5. The van der Waals surface area contributed by atoms with Crippen molar-refractivity contribution < 1.29 is 23.8 Å². The van der Waals surface area contributed by atoms with Crippen LogP contribution in [0.1, 0.15) is 21.6 Å². The molecule has 0 N–H and O–H groups in total. The van der Waals surface area contributed by atoms with E-state index in [9.17, 15) is 9.59 Å². The number of hydrogen-bond acceptors (Lipinski definition) is 7. The van der Waals surface area contributed by atoms with Crippen LogP contribution in [-0.4, -0.2) is 47.5 Å². The Bertz CT molecular complexity index is 1010. The van der Waals surface area contributed by atoms with Crippen molar-refractivity contribution in [1.29, 1.82) is 0 Å². The molecule has 0 fully saturated rings. The van der Waals surface area contributed by atoms with Gasteiger partial charge in [-0.3, -0.25) is 9.78 Å². The van der Waals surface area contributed by atoms with E-state index >= 15 is 0 Å². The normalized spacial score (nSPS) is 10.3. The molecule has 31 heavy (non-hydrogen) atoms. The summed E-state index contributed by atoms with van der Waals surface area (Å²) >= 11 is 0. The number of carbonyl (C=O) groups is 2. The summed E-state index contributed by atoms with van der Waals surface area (Å²) in [6.45, 7) is 0.351. The lowest BCUT2D eigenvalue weighted by atomic mass is 10.2. The second-order valence-electron chi connectivity index (χ2n) is 6.68. The van der Waals surface area contributed by atoms with Gasteiger partial charge in [0, 0.05) is 26.0 Å². The Morgan fingerprint density at radius 2 is 1.81 bits per heavy atom. The predicted molar refractivity (Wildman–Crippen MR) is 113 cm³/mol. The van der Waals surface area contributed by atoms with Gasteiger partial charge in [0.2, 0.25) is 0 Å². The van der Waals surface area contributed by atoms with E-state index in [4.69, 9.17) is 14.2 Å². The first-order valence-electron chi connectivity index (χ1n) is 9.57. The molecule has 2 aromatic carbocycles. The Balaban J connectivity index is 1.54. The molecule has 1 heterocycles. The van der Waals surface area contributed by atoms with Crippen LogP contribution in [-0.2, 0) is 22.7 Å². The number of esters is 1. The first-order valence-corrected chi connectivity index (χ1v) is 9.57. The van der Waals surface area contributed by atoms with Gasteiger partial charge in [0.1, 0.15) is 6.61 Å². The van der Waals surface area contributed by atoms with E-state index in [2.05, 4.69) is 9.97 Å². The monoisotopic (exact) mass is 421 g/mol. The van der Waals surface area contributed by atoms with Crippen molar-refractivity contribution in [3.05, 3.63) is 83.9 Å². The molecule has 0 unspecified atom stereocenters. The average molecular weight is 421 g/mol. The highest BCUT2D eigenvalue weighted by Crippen LogP contribution is 2.29. The quantitative estimate of drug-likeness (QED) is 0.491. The molecule has 0 saturated carbocycles. The highest BCUT2D eigenvalue weighted by atomic mass is 16.5. The lowest BCUT2D eigenvalue weighted by molar-refractivity contribution is -0.133. The predicted octanol–water partition coefficient (Wildman–Crippen LogP) is 2.88. The van der Waals surface area contributed by atoms with Crippen LogP contribution in [0, 0.1) is 0 Å². The van der Waals surface area contributed by atoms with E-state index < -0.39 is 5.97 Å². The number of nitrogens with zero attached hydrogens (tertiary/aromatic N) is 3. The van der Waals surface area contributed by atoms with Gasteiger partial charge in [-0.2, -0.15) is 0 Å². The third-order valence-corrected chi connectivity index (χ3v) is 4.41. The molecule has 0 aliphatic rings. The molecule has 8 nitrogen and oxygen atoms in total. The number of methoxy groups -OCH3 is 1. The van der Waals surface area contributed by atoms with Crippen molar-refractivity contribution in [2.75, 3.05) is 20.8 Å². The molecule has 3 aromatic rings. The second kappa shape index (κ2) is 10.7. The SMILES string of the molecule is COc1cc(CN(C)C(=O)COC(=O)c2cnccn2)ccc1OCc1ccccc1. The summed E-state index contributed by atoms with van der Waals surface area (Å²) in [5, 5.41) is 0. The summed E-state index contributed by atoms with van der Waals surface area (Å²) in [6, 6.07) is 15.3. The van der Waals surface area contributed by atoms with Crippen LogP contribution < -0.4 is 9.47 Å². The summed E-state index contributed by atoms with van der Waals surface area (Å²) in [5.74, 6) is 0.141. The summed E-state index contributed by atoms with van der Waals surface area (Å²) in [4.78, 5) is 33.3. The zero-order valence-corrected chi connectivity index (χ0v) is 17.4. The largest absolute Gasteiger partial charge is 0.493 e. The zero-order valence-electron chi connectivity index (χ0n) is 17.4. The minimum Gasteiger partial charge on any atom is -0.493 e. The van der Waals surface area contributed by atoms with Crippen molar-refractivity contribution in [3.63, 3.8) is 0 Å². The lowest BCUT2D eigenvalue weighted by Gasteiger charge is -2.18. The highest BCUT2D eigenvalue weighted by Gasteiger charge is 2.16. The number of hydrogen-bond donors (Lipinski definition) is 0. The molecule has 160 valence electrons. The van der Waals surface area contributed by atoms with Gasteiger partial charge in [0.25, 0.3) is 5.91 Å². The number of rotatable bonds is 9. The Hall–Kier alpha value is -3.94. The van der Waals surface area contributed by atoms with Crippen LogP contribution >= 0.6 is 0 Å². The fraction of sp³-hybridized carbons (Fsp3) is 0.217. The smallest absolute Gasteiger partial charge is 0.359 e.